The zero-order valence-corrected chi connectivity index (χ0v) is 8.09. The molecule has 0 aromatic heterocycles. The van der Waals surface area contributed by atoms with Crippen molar-refractivity contribution in [1.82, 2.24) is 10.8 Å². The van der Waals surface area contributed by atoms with Crippen LogP contribution in [-0.4, -0.2) is 25.6 Å². The Balaban J connectivity index is 3.26. The molecule has 0 rings (SSSR count). The molecule has 0 saturated heterocycles. The molecule has 0 aliphatic carbocycles. The third-order valence-corrected chi connectivity index (χ3v) is 1.12. The lowest BCUT2D eigenvalue weighted by molar-refractivity contribution is -0.133. The van der Waals surface area contributed by atoms with Crippen molar-refractivity contribution in [1.29, 1.82) is 0 Å². The highest BCUT2D eigenvalue weighted by molar-refractivity contribution is 5.76. The molecule has 0 fully saturated rings. The molecule has 0 bridgehead atoms. The minimum absolute atomic E-state index is 0.183. The first kappa shape index (κ1) is 11.9. The summed E-state index contributed by atoms with van der Waals surface area (Å²) in [4.78, 5) is 15.8. The van der Waals surface area contributed by atoms with Crippen LogP contribution in [0.15, 0.2) is 0 Å². The lowest BCUT2D eigenvalue weighted by atomic mass is 10.2. The Morgan fingerprint density at radius 2 is 2.31 bits per heavy atom. The summed E-state index contributed by atoms with van der Waals surface area (Å²) in [5.74, 6) is 2.56. The van der Waals surface area contributed by atoms with Crippen molar-refractivity contribution in [2.45, 2.75) is 13.8 Å². The number of amides is 1. The van der Waals surface area contributed by atoms with Crippen LogP contribution in [0.4, 0.5) is 0 Å². The van der Waals surface area contributed by atoms with Gasteiger partial charge in [-0.25, -0.2) is 5.48 Å². The fourth-order valence-electron chi connectivity index (χ4n) is 0.573. The molecule has 0 unspecified atom stereocenters. The molecule has 0 aromatic rings. The van der Waals surface area contributed by atoms with E-state index in [1.165, 1.54) is 0 Å². The number of rotatable bonds is 6. The standard InChI is InChI=1S/C9H16N2O2/c1-4-5-10-6-9(12)11-13-7-8(2)3/h1,8,10H,5-7H2,2-3H3,(H,11,12). The molecule has 0 atom stereocenters. The molecule has 4 nitrogen and oxygen atoms in total. The van der Waals surface area contributed by atoms with E-state index in [0.717, 1.165) is 0 Å². The molecule has 0 aliphatic rings. The highest BCUT2D eigenvalue weighted by Crippen LogP contribution is 1.89. The Hall–Kier alpha value is -1.05. The molecule has 0 spiro atoms. The number of carbonyl (C=O) groups excluding carboxylic acids is 1. The van der Waals surface area contributed by atoms with Gasteiger partial charge in [-0.15, -0.1) is 6.42 Å². The summed E-state index contributed by atoms with van der Waals surface area (Å²) in [5, 5.41) is 2.74. The quantitative estimate of drug-likeness (QED) is 0.345. The zero-order chi connectivity index (χ0) is 10.1. The van der Waals surface area contributed by atoms with E-state index in [2.05, 4.69) is 16.7 Å². The monoisotopic (exact) mass is 184 g/mol. The molecular formula is C9H16N2O2. The van der Waals surface area contributed by atoms with Crippen molar-refractivity contribution in [2.24, 2.45) is 5.92 Å². The smallest absolute Gasteiger partial charge is 0.257 e. The minimum Gasteiger partial charge on any atom is -0.298 e. The lowest BCUT2D eigenvalue weighted by Crippen LogP contribution is -2.34. The fourth-order valence-corrected chi connectivity index (χ4v) is 0.573. The molecule has 13 heavy (non-hydrogen) atoms. The van der Waals surface area contributed by atoms with Gasteiger partial charge in [0.05, 0.1) is 19.7 Å². The maximum Gasteiger partial charge on any atom is 0.257 e. The van der Waals surface area contributed by atoms with Gasteiger partial charge in [-0.05, 0) is 5.92 Å². The first-order chi connectivity index (χ1) is 6.16. The molecule has 2 N–H and O–H groups in total. The summed E-state index contributed by atoms with van der Waals surface area (Å²) in [7, 11) is 0. The van der Waals surface area contributed by atoms with E-state index >= 15 is 0 Å². The number of hydroxylamine groups is 1. The fraction of sp³-hybridized carbons (Fsp3) is 0.667. The Bertz CT molecular complexity index is 185. The average Bonchev–Trinajstić information content (AvgIpc) is 2.04. The lowest BCUT2D eigenvalue weighted by Gasteiger charge is -2.07. The highest BCUT2D eigenvalue weighted by atomic mass is 16.6. The topological polar surface area (TPSA) is 50.4 Å². The second-order valence-corrected chi connectivity index (χ2v) is 3.04. The number of hydrogen-bond donors (Lipinski definition) is 2. The van der Waals surface area contributed by atoms with Crippen molar-refractivity contribution >= 4 is 5.91 Å². The van der Waals surface area contributed by atoms with Gasteiger partial charge in [0.25, 0.3) is 5.91 Å². The minimum atomic E-state index is -0.212. The number of carbonyl (C=O) groups is 1. The highest BCUT2D eigenvalue weighted by Gasteiger charge is 1.99. The van der Waals surface area contributed by atoms with E-state index < -0.39 is 0 Å². The predicted octanol–water partition coefficient (Wildman–Crippen LogP) is -0.0870. The van der Waals surface area contributed by atoms with E-state index in [1.807, 2.05) is 13.8 Å². The largest absolute Gasteiger partial charge is 0.298 e. The van der Waals surface area contributed by atoms with Crippen molar-refractivity contribution in [3.63, 3.8) is 0 Å². The zero-order valence-electron chi connectivity index (χ0n) is 8.09. The van der Waals surface area contributed by atoms with E-state index in [-0.39, 0.29) is 12.5 Å². The third kappa shape index (κ3) is 8.86. The first-order valence-corrected chi connectivity index (χ1v) is 4.21. The van der Waals surface area contributed by atoms with E-state index in [0.29, 0.717) is 19.1 Å². The molecule has 0 radical (unpaired) electrons. The number of nitrogens with one attached hydrogen (secondary N) is 2. The third-order valence-electron chi connectivity index (χ3n) is 1.12. The van der Waals surface area contributed by atoms with E-state index in [9.17, 15) is 4.79 Å². The molecular weight excluding hydrogens is 168 g/mol. The van der Waals surface area contributed by atoms with Crippen LogP contribution < -0.4 is 10.8 Å². The van der Waals surface area contributed by atoms with Crippen molar-refractivity contribution in [2.75, 3.05) is 19.7 Å². The van der Waals surface area contributed by atoms with Gasteiger partial charge in [0, 0.05) is 0 Å². The molecule has 74 valence electrons. The van der Waals surface area contributed by atoms with Crippen LogP contribution >= 0.6 is 0 Å². The van der Waals surface area contributed by atoms with Crippen molar-refractivity contribution < 1.29 is 9.63 Å². The van der Waals surface area contributed by atoms with Crippen molar-refractivity contribution in [3.8, 4) is 12.3 Å². The average molecular weight is 184 g/mol. The van der Waals surface area contributed by atoms with Crippen molar-refractivity contribution in [3.05, 3.63) is 0 Å². The van der Waals surface area contributed by atoms with E-state index in [4.69, 9.17) is 11.3 Å². The number of terminal acetylenes is 1. The summed E-state index contributed by atoms with van der Waals surface area (Å²) in [6.07, 6.45) is 4.98. The van der Waals surface area contributed by atoms with Gasteiger partial charge in [0.2, 0.25) is 0 Å². The maximum atomic E-state index is 10.9. The Labute approximate surface area is 79.0 Å². The molecule has 4 heteroatoms. The van der Waals surface area contributed by atoms with Crippen LogP contribution in [0.3, 0.4) is 0 Å². The van der Waals surface area contributed by atoms with Crippen LogP contribution in [0, 0.1) is 18.3 Å². The van der Waals surface area contributed by atoms with Crippen LogP contribution in [0.1, 0.15) is 13.8 Å². The van der Waals surface area contributed by atoms with Crippen LogP contribution in [-0.2, 0) is 9.63 Å². The van der Waals surface area contributed by atoms with Gasteiger partial charge in [-0.2, -0.15) is 0 Å². The summed E-state index contributed by atoms with van der Waals surface area (Å²) in [6, 6.07) is 0. The molecule has 0 aromatic carbocycles. The SMILES string of the molecule is C#CCNCC(=O)NOCC(C)C. The van der Waals surface area contributed by atoms with Gasteiger partial charge in [0.15, 0.2) is 0 Å². The van der Waals surface area contributed by atoms with Gasteiger partial charge in [-0.1, -0.05) is 19.8 Å². The number of hydrogen-bond acceptors (Lipinski definition) is 3. The molecule has 0 heterocycles. The molecule has 0 aliphatic heterocycles. The Kier molecular flexibility index (Phi) is 6.98. The molecule has 0 saturated carbocycles. The second-order valence-electron chi connectivity index (χ2n) is 3.04. The van der Waals surface area contributed by atoms with Crippen LogP contribution in [0.25, 0.3) is 0 Å². The predicted molar refractivity (Wildman–Crippen MR) is 50.6 cm³/mol. The Morgan fingerprint density at radius 3 is 2.85 bits per heavy atom. The maximum absolute atomic E-state index is 10.9. The van der Waals surface area contributed by atoms with Crippen LogP contribution in [0.5, 0.6) is 0 Å². The summed E-state index contributed by atoms with van der Waals surface area (Å²) >= 11 is 0. The Morgan fingerprint density at radius 1 is 1.62 bits per heavy atom. The van der Waals surface area contributed by atoms with Gasteiger partial charge in [-0.3, -0.25) is 14.9 Å². The molecule has 1 amide bonds. The first-order valence-electron chi connectivity index (χ1n) is 4.21. The summed E-state index contributed by atoms with van der Waals surface area (Å²) in [6.45, 7) is 5.09. The normalized spacial score (nSPS) is 9.69. The van der Waals surface area contributed by atoms with Gasteiger partial charge in [0.1, 0.15) is 0 Å². The summed E-state index contributed by atoms with van der Waals surface area (Å²) in [5.41, 5.74) is 2.30. The summed E-state index contributed by atoms with van der Waals surface area (Å²) < 4.78 is 0. The van der Waals surface area contributed by atoms with Crippen LogP contribution in [0.2, 0.25) is 0 Å². The second kappa shape index (κ2) is 7.59. The van der Waals surface area contributed by atoms with E-state index in [1.54, 1.807) is 0 Å². The van der Waals surface area contributed by atoms with Gasteiger partial charge >= 0.3 is 0 Å². The van der Waals surface area contributed by atoms with Gasteiger partial charge < -0.3 is 0 Å².